The molecule has 1 aliphatic rings. The zero-order chi connectivity index (χ0) is 45.4. The first kappa shape index (κ1) is 52.2. The third-order valence-corrected chi connectivity index (χ3v) is 9.14. The molecule has 1 fully saturated rings. The molecule has 0 aromatic rings. The molecule has 1 heterocycles. The Hall–Kier alpha value is -4.86. The molecule has 1 saturated heterocycles. The zero-order valence-corrected chi connectivity index (χ0v) is 33.4. The van der Waals surface area contributed by atoms with Gasteiger partial charge in [0.2, 0.25) is 47.3 Å². The average Bonchev–Trinajstić information content (AvgIpc) is 3.64. The summed E-state index contributed by atoms with van der Waals surface area (Å²) < 4.78 is 15.5. The van der Waals surface area contributed by atoms with Crippen molar-refractivity contribution in [1.82, 2.24) is 36.8 Å². The summed E-state index contributed by atoms with van der Waals surface area (Å²) in [5.41, 5.74) is 13.7. The van der Waals surface area contributed by atoms with Gasteiger partial charge in [0.1, 0.15) is 36.3 Å². The number of amides is 9. The fourth-order valence-corrected chi connectivity index (χ4v) is 5.76. The predicted molar refractivity (Wildman–Crippen MR) is 192 cm³/mol. The first-order chi connectivity index (χ1) is 27.3. The summed E-state index contributed by atoms with van der Waals surface area (Å²) in [5.74, 6) is -9.30. The molecule has 0 bridgehead atoms. The van der Waals surface area contributed by atoms with Crippen LogP contribution in [0.1, 0.15) is 52.9 Å². The molecule has 0 unspecified atom stereocenters. The van der Waals surface area contributed by atoms with Gasteiger partial charge in [-0.25, -0.2) is 0 Å². The molecule has 28 heteroatoms. The number of nitrogens with one attached hydrogen (secondary N) is 6. The normalized spacial score (nSPS) is 18.6. The first-order valence-corrected chi connectivity index (χ1v) is 19.6. The number of likely N-dealkylation sites (tertiary alicyclic amines) is 1. The maximum Gasteiger partial charge on any atom is 0.278 e. The number of quaternary nitrogens is 1. The lowest BCUT2D eigenvalue weighted by Crippen LogP contribution is -2.69. The average molecular weight is 870 g/mol. The van der Waals surface area contributed by atoms with Crippen LogP contribution < -0.4 is 58.9 Å². The summed E-state index contributed by atoms with van der Waals surface area (Å²) in [7, 11) is -5.84. The molecular weight excluding hydrogens is 815 g/mol. The van der Waals surface area contributed by atoms with Gasteiger partial charge in [-0.3, -0.25) is 43.2 Å². The lowest BCUT2D eigenvalue weighted by atomic mass is 10.1. The Kier molecular flexibility index (Phi) is 21.5. The van der Waals surface area contributed by atoms with E-state index in [2.05, 4.69) is 31.5 Å². The van der Waals surface area contributed by atoms with E-state index in [1.165, 1.54) is 6.92 Å². The highest BCUT2D eigenvalue weighted by Gasteiger charge is 2.41. The Labute approximate surface area is 337 Å². The van der Waals surface area contributed by atoms with E-state index in [9.17, 15) is 77.9 Å². The molecule has 0 aliphatic carbocycles. The van der Waals surface area contributed by atoms with Gasteiger partial charge in [0, 0.05) is 25.8 Å². The van der Waals surface area contributed by atoms with Crippen LogP contribution in [0.25, 0.3) is 0 Å². The van der Waals surface area contributed by atoms with Crippen LogP contribution in [0.5, 0.6) is 0 Å². The number of nitrogens with zero attached hydrogens (tertiary/aromatic N) is 1. The molecule has 10 atom stereocenters. The van der Waals surface area contributed by atoms with Crippen molar-refractivity contribution < 1.29 is 88.2 Å². The highest BCUT2D eigenvalue weighted by molar-refractivity contribution is 7.43. The fraction of sp³-hybridized carbons (Fsp3) is 0.710. The molecule has 0 radical (unpaired) electrons. The van der Waals surface area contributed by atoms with Gasteiger partial charge in [0.15, 0.2) is 6.04 Å². The van der Waals surface area contributed by atoms with E-state index in [0.717, 1.165) is 18.7 Å². The van der Waals surface area contributed by atoms with Crippen molar-refractivity contribution in [2.24, 2.45) is 11.5 Å². The van der Waals surface area contributed by atoms with Crippen molar-refractivity contribution in [2.45, 2.75) is 113 Å². The SMILES string of the molecule is C[C@H](NC(=O)[C@@H]([NH3+])CCC(N)=O)C(=O)N[C@@H](CO)C(=O)N[C@H](C(=O)N[C@@H](COP(=O)([O-])[O-])C(=O)N[C@H](C(=O)N1CCC[C@H]1C(=O)N[C@H](CO)CC(N)=O)[C@@H](C)O)[C@@H](C)O. The number of carbonyl (C=O) groups is 9. The number of hydrogen-bond donors (Lipinski definition) is 13. The van der Waals surface area contributed by atoms with Crippen LogP contribution in [-0.2, 0) is 52.2 Å². The number of nitrogens with two attached hydrogens (primary N) is 2. The minimum atomic E-state index is -5.84. The van der Waals surface area contributed by atoms with Gasteiger partial charge in [-0.2, -0.15) is 0 Å². The molecule has 27 nitrogen and oxygen atoms in total. The number of phosphoric acid groups is 1. The van der Waals surface area contributed by atoms with E-state index in [4.69, 9.17) is 11.5 Å². The van der Waals surface area contributed by atoms with E-state index in [1.807, 2.05) is 10.6 Å². The number of aliphatic hydroxyl groups excluding tert-OH is 4. The smallest absolute Gasteiger partial charge is 0.278 e. The van der Waals surface area contributed by atoms with E-state index in [0.29, 0.717) is 0 Å². The topological polar surface area (TPSA) is 462 Å². The zero-order valence-electron chi connectivity index (χ0n) is 32.5. The minimum Gasteiger partial charge on any atom is -0.790 e. The molecule has 0 spiro atoms. The summed E-state index contributed by atoms with van der Waals surface area (Å²) in [6.45, 7) is 0.0185. The second-order valence-electron chi connectivity index (χ2n) is 13.7. The van der Waals surface area contributed by atoms with Gasteiger partial charge < -0.3 is 93.3 Å². The minimum absolute atomic E-state index is 0.0328. The van der Waals surface area contributed by atoms with Crippen LogP contribution in [0.3, 0.4) is 0 Å². The third kappa shape index (κ3) is 17.9. The molecule has 1 rings (SSSR count). The Bertz CT molecular complexity index is 1580. The monoisotopic (exact) mass is 869 g/mol. The highest BCUT2D eigenvalue weighted by Crippen LogP contribution is 2.25. The number of carbonyl (C=O) groups excluding carboxylic acids is 9. The van der Waals surface area contributed by atoms with E-state index in [1.54, 1.807) is 0 Å². The van der Waals surface area contributed by atoms with Gasteiger partial charge in [-0.05, 0) is 33.6 Å². The number of rotatable bonds is 25. The van der Waals surface area contributed by atoms with E-state index < -0.39 is 148 Å². The predicted octanol–water partition coefficient (Wildman–Crippen LogP) is -10.8. The lowest BCUT2D eigenvalue weighted by Gasteiger charge is -2.33. The van der Waals surface area contributed by atoms with Crippen molar-refractivity contribution in [1.29, 1.82) is 0 Å². The van der Waals surface area contributed by atoms with Crippen molar-refractivity contribution in [2.75, 3.05) is 26.4 Å². The number of hydrogen-bond acceptors (Lipinski definition) is 17. The van der Waals surface area contributed by atoms with Gasteiger partial charge in [0.05, 0.1) is 45.9 Å². The van der Waals surface area contributed by atoms with Crippen LogP contribution in [0.4, 0.5) is 0 Å². The van der Waals surface area contributed by atoms with Gasteiger partial charge in [0.25, 0.3) is 5.91 Å². The summed E-state index contributed by atoms with van der Waals surface area (Å²) in [6.07, 6.45) is -3.81. The fourth-order valence-electron chi connectivity index (χ4n) is 5.43. The van der Waals surface area contributed by atoms with Crippen molar-refractivity contribution in [3.05, 3.63) is 0 Å². The molecule has 17 N–H and O–H groups in total. The number of aliphatic hydroxyl groups is 4. The maximum absolute atomic E-state index is 13.6. The second-order valence-corrected chi connectivity index (χ2v) is 14.8. The van der Waals surface area contributed by atoms with E-state index in [-0.39, 0.29) is 32.2 Å². The Morgan fingerprint density at radius 2 is 1.34 bits per heavy atom. The largest absolute Gasteiger partial charge is 0.790 e. The van der Waals surface area contributed by atoms with Gasteiger partial charge in [-0.1, -0.05) is 0 Å². The third-order valence-electron chi connectivity index (χ3n) is 8.67. The summed E-state index contributed by atoms with van der Waals surface area (Å²) in [4.78, 5) is 137. The summed E-state index contributed by atoms with van der Waals surface area (Å²) >= 11 is 0. The van der Waals surface area contributed by atoms with Crippen LogP contribution in [0, 0.1) is 0 Å². The quantitative estimate of drug-likeness (QED) is 0.0379. The summed E-state index contributed by atoms with van der Waals surface area (Å²) in [5, 5.41) is 53.0. The molecule has 9 amide bonds. The maximum atomic E-state index is 13.6. The van der Waals surface area contributed by atoms with Crippen LogP contribution in [-0.4, -0.2) is 165 Å². The van der Waals surface area contributed by atoms with Crippen molar-refractivity contribution >= 4 is 61.0 Å². The number of phosphoric ester groups is 1. The molecule has 336 valence electrons. The standard InChI is InChI=1S/C31H55N10O17P/c1-13(35-26(49)17(32)6-7-21(33)46)25(48)37-18(11-43)27(50)39-23(14(2)44)30(53)38-19(12-58-59(55,56)57)28(51)40-24(15(3)45)31(54)41-8-4-5-20(41)29(52)36-16(10-42)9-22(34)47/h13-20,23-24,42-45H,4-12,32H2,1-3H3,(H2,33,46)(H2,34,47)(H,35,49)(H,36,52)(H,37,48)(H,38,53)(H,39,50)(H,40,51)(H2,55,56,57)/p-1/t13-,14+,15+,16-,17-,18-,19-,20-,23-,24-/m0/s1. The highest BCUT2D eigenvalue weighted by atomic mass is 31.2. The summed E-state index contributed by atoms with van der Waals surface area (Å²) in [6, 6.07) is -12.5. The van der Waals surface area contributed by atoms with Crippen molar-refractivity contribution in [3.8, 4) is 0 Å². The first-order valence-electron chi connectivity index (χ1n) is 18.1. The Balaban J connectivity index is 3.18. The van der Waals surface area contributed by atoms with Gasteiger partial charge >= 0.3 is 0 Å². The lowest BCUT2D eigenvalue weighted by molar-refractivity contribution is -0.405. The van der Waals surface area contributed by atoms with Crippen LogP contribution in [0.15, 0.2) is 0 Å². The van der Waals surface area contributed by atoms with E-state index >= 15 is 0 Å². The molecule has 0 aromatic carbocycles. The van der Waals surface area contributed by atoms with Gasteiger partial charge in [-0.15, -0.1) is 0 Å². The molecule has 0 aromatic heterocycles. The van der Waals surface area contributed by atoms with Crippen molar-refractivity contribution in [3.63, 3.8) is 0 Å². The van der Waals surface area contributed by atoms with Crippen LogP contribution >= 0.6 is 7.82 Å². The Morgan fingerprint density at radius 3 is 1.85 bits per heavy atom. The molecular formula is C31H54N10O17P-. The molecule has 0 saturated carbocycles. The van der Waals surface area contributed by atoms with Crippen LogP contribution in [0.2, 0.25) is 0 Å². The Morgan fingerprint density at radius 1 is 0.780 bits per heavy atom. The number of primary amides is 2. The molecule has 1 aliphatic heterocycles. The second kappa shape index (κ2) is 24.3. The molecule has 59 heavy (non-hydrogen) atoms.